The van der Waals surface area contributed by atoms with Gasteiger partial charge in [0, 0.05) is 17.1 Å². The fourth-order valence-corrected chi connectivity index (χ4v) is 2.95. The van der Waals surface area contributed by atoms with Crippen LogP contribution in [-0.4, -0.2) is 80.8 Å². The van der Waals surface area contributed by atoms with Gasteiger partial charge in [-0.1, -0.05) is 23.7 Å². The molecule has 1 aliphatic carbocycles. The van der Waals surface area contributed by atoms with Crippen molar-refractivity contribution in [2.75, 3.05) is 0 Å². The van der Waals surface area contributed by atoms with Crippen molar-refractivity contribution in [3.8, 4) is 5.75 Å². The average molecular weight is 428 g/mol. The van der Waals surface area contributed by atoms with Crippen molar-refractivity contribution >= 4 is 30.3 Å². The molecule has 2 aromatic rings. The van der Waals surface area contributed by atoms with Gasteiger partial charge in [0.2, 0.25) is 5.06 Å². The summed E-state index contributed by atoms with van der Waals surface area (Å²) in [5.41, 5.74) is 0.766. The maximum absolute atomic E-state index is 10.2. The van der Waals surface area contributed by atoms with Gasteiger partial charge in [-0.15, -0.1) is 0 Å². The second-order valence-electron chi connectivity index (χ2n) is 5.89. The number of ether oxygens (including phenoxy) is 1. The number of hydrogen-bond acceptors (Lipinski definition) is 7. The van der Waals surface area contributed by atoms with Crippen molar-refractivity contribution in [2.24, 2.45) is 0 Å². The summed E-state index contributed by atoms with van der Waals surface area (Å²) in [6.45, 7) is 0. The van der Waals surface area contributed by atoms with Crippen LogP contribution in [0.5, 0.6) is 5.75 Å². The number of fused-ring (bicyclic) bond motifs is 1. The highest BCUT2D eigenvalue weighted by Gasteiger charge is 2.59. The highest BCUT2D eigenvalue weighted by Crippen LogP contribution is 2.37. The number of para-hydroxylation sites is 1. The van der Waals surface area contributed by atoms with Crippen LogP contribution >= 0.6 is 19.4 Å². The Hall–Kier alpha value is -1.24. The van der Waals surface area contributed by atoms with Gasteiger partial charge in [0.05, 0.1) is 0 Å². The molecule has 0 amide bonds. The lowest BCUT2D eigenvalue weighted by Crippen LogP contribution is -2.70. The van der Waals surface area contributed by atoms with E-state index < -0.39 is 43.4 Å². The van der Waals surface area contributed by atoms with E-state index in [-0.39, 0.29) is 5.75 Å². The summed E-state index contributed by atoms with van der Waals surface area (Å²) in [4.78, 5) is 24.5. The molecule has 0 unspecified atom stereocenters. The van der Waals surface area contributed by atoms with Crippen molar-refractivity contribution in [2.45, 2.75) is 35.6 Å². The minimum atomic E-state index is -4.64. The molecule has 1 aromatic heterocycles. The lowest BCUT2D eigenvalue weighted by molar-refractivity contribution is -0.232. The highest BCUT2D eigenvalue weighted by atomic mass is 35.5. The molecule has 1 saturated carbocycles. The maximum atomic E-state index is 10.2. The number of benzene rings is 1. The quantitative estimate of drug-likeness (QED) is 0.198. The fraction of sp³-hybridized carbons (Fsp3) is 0.429. The number of phosphoric acid groups is 1. The SMILES string of the molecule is O=P(O)(O)O.O[C@H]1[C@H](O)[C@@H](O)[C@@](O)(Cl)[C@@H](Oc2c[nH]c3ccccc23)[C@H]1O. The lowest BCUT2D eigenvalue weighted by atomic mass is 9.84. The summed E-state index contributed by atoms with van der Waals surface area (Å²) < 4.78 is 14.4. The molecule has 27 heavy (non-hydrogen) atoms. The van der Waals surface area contributed by atoms with E-state index in [1.807, 2.05) is 6.07 Å². The standard InChI is InChI=1S/C14H16ClNO6.H3O4P/c15-14(21)12(20)10(18)9(17)11(19)13(14)22-8-5-16-7-4-2-1-3-6(7)8;1-5(2,3)4/h1-5,9-13,16-21H;(H3,1,2,3,4)/t9-,10-,11-,12+,13-,14-;/m0./s1. The van der Waals surface area contributed by atoms with E-state index >= 15 is 0 Å². The number of alkyl halides is 1. The van der Waals surface area contributed by atoms with Crippen LogP contribution in [-0.2, 0) is 4.57 Å². The second-order valence-corrected chi connectivity index (χ2v) is 7.53. The molecule has 3 rings (SSSR count). The molecular formula is C14H19ClNO10P. The van der Waals surface area contributed by atoms with E-state index in [0.29, 0.717) is 5.39 Å². The van der Waals surface area contributed by atoms with Crippen LogP contribution in [0.25, 0.3) is 10.9 Å². The molecular weight excluding hydrogens is 409 g/mol. The molecule has 0 radical (unpaired) electrons. The number of rotatable bonds is 2. The van der Waals surface area contributed by atoms with Gasteiger partial charge in [0.15, 0.2) is 6.10 Å². The number of aromatic amines is 1. The largest absolute Gasteiger partial charge is 0.481 e. The Bertz CT molecular complexity index is 815. The Kier molecular flexibility index (Phi) is 6.55. The van der Waals surface area contributed by atoms with E-state index in [2.05, 4.69) is 4.98 Å². The van der Waals surface area contributed by atoms with Gasteiger partial charge in [0.25, 0.3) is 0 Å². The Morgan fingerprint density at radius 2 is 1.59 bits per heavy atom. The predicted molar refractivity (Wildman–Crippen MR) is 91.8 cm³/mol. The molecule has 9 N–H and O–H groups in total. The summed E-state index contributed by atoms with van der Waals surface area (Å²) in [6, 6.07) is 7.16. The molecule has 0 spiro atoms. The minimum absolute atomic E-state index is 0.287. The minimum Gasteiger partial charge on any atom is -0.481 e. The van der Waals surface area contributed by atoms with E-state index in [1.165, 1.54) is 6.20 Å². The maximum Gasteiger partial charge on any atom is 0.466 e. The van der Waals surface area contributed by atoms with E-state index in [4.69, 9.17) is 35.6 Å². The zero-order valence-electron chi connectivity index (χ0n) is 13.5. The van der Waals surface area contributed by atoms with Crippen LogP contribution in [0, 0.1) is 0 Å². The Labute approximate surface area is 157 Å². The van der Waals surface area contributed by atoms with E-state index in [9.17, 15) is 25.5 Å². The summed E-state index contributed by atoms with van der Waals surface area (Å²) in [7, 11) is -4.64. The zero-order valence-corrected chi connectivity index (χ0v) is 15.1. The third-order valence-electron chi connectivity index (χ3n) is 3.95. The number of aromatic nitrogens is 1. The molecule has 0 aliphatic heterocycles. The third-order valence-corrected chi connectivity index (χ3v) is 4.39. The molecule has 1 fully saturated rings. The molecule has 152 valence electrons. The fourth-order valence-electron chi connectivity index (χ4n) is 2.65. The number of hydrogen-bond donors (Lipinski definition) is 9. The van der Waals surface area contributed by atoms with Crippen molar-refractivity contribution < 1.29 is 49.5 Å². The van der Waals surface area contributed by atoms with Gasteiger partial charge >= 0.3 is 7.82 Å². The van der Waals surface area contributed by atoms with Crippen molar-refractivity contribution in [3.05, 3.63) is 30.5 Å². The first-order chi connectivity index (χ1) is 12.3. The average Bonchev–Trinajstić information content (AvgIpc) is 2.97. The van der Waals surface area contributed by atoms with Crippen molar-refractivity contribution in [1.82, 2.24) is 4.98 Å². The number of aliphatic hydroxyl groups is 5. The van der Waals surface area contributed by atoms with Crippen LogP contribution in [0.15, 0.2) is 30.5 Å². The van der Waals surface area contributed by atoms with Crippen molar-refractivity contribution in [1.29, 1.82) is 0 Å². The van der Waals surface area contributed by atoms with Crippen LogP contribution < -0.4 is 4.74 Å². The number of nitrogens with one attached hydrogen (secondary N) is 1. The normalized spacial score (nSPS) is 34.0. The van der Waals surface area contributed by atoms with Crippen molar-refractivity contribution in [3.63, 3.8) is 0 Å². The van der Waals surface area contributed by atoms with Crippen LogP contribution in [0.1, 0.15) is 0 Å². The topological polar surface area (TPSA) is 204 Å². The monoisotopic (exact) mass is 427 g/mol. The molecule has 1 aliphatic rings. The molecule has 1 aromatic carbocycles. The Morgan fingerprint density at radius 1 is 1.04 bits per heavy atom. The van der Waals surface area contributed by atoms with Gasteiger partial charge in [-0.25, -0.2) is 4.57 Å². The van der Waals surface area contributed by atoms with E-state index in [0.717, 1.165) is 5.52 Å². The first-order valence-corrected chi connectivity index (χ1v) is 9.43. The Morgan fingerprint density at radius 3 is 2.19 bits per heavy atom. The van der Waals surface area contributed by atoms with Crippen LogP contribution in [0.4, 0.5) is 0 Å². The summed E-state index contributed by atoms with van der Waals surface area (Å²) in [5, 5.41) is 47.6. The highest BCUT2D eigenvalue weighted by molar-refractivity contribution is 7.45. The van der Waals surface area contributed by atoms with E-state index in [1.54, 1.807) is 18.2 Å². The van der Waals surface area contributed by atoms with Gasteiger partial charge in [0.1, 0.15) is 30.2 Å². The third kappa shape index (κ3) is 4.98. The lowest BCUT2D eigenvalue weighted by Gasteiger charge is -2.45. The smallest absolute Gasteiger partial charge is 0.466 e. The summed E-state index contributed by atoms with van der Waals surface area (Å²) in [5.74, 6) is 0.287. The van der Waals surface area contributed by atoms with Crippen LogP contribution in [0.2, 0.25) is 0 Å². The zero-order chi connectivity index (χ0) is 20.6. The van der Waals surface area contributed by atoms with Gasteiger partial charge in [-0.3, -0.25) is 0 Å². The molecule has 6 atom stereocenters. The summed E-state index contributed by atoms with van der Waals surface area (Å²) >= 11 is 5.85. The predicted octanol–water partition coefficient (Wildman–Crippen LogP) is -1.63. The van der Waals surface area contributed by atoms with Gasteiger partial charge in [-0.2, -0.15) is 0 Å². The molecule has 0 saturated heterocycles. The van der Waals surface area contributed by atoms with Gasteiger partial charge in [-0.05, 0) is 12.1 Å². The Balaban J connectivity index is 0.000000465. The number of halogens is 1. The first kappa shape index (κ1) is 22.1. The summed E-state index contributed by atoms with van der Waals surface area (Å²) in [6.07, 6.45) is -7.10. The molecule has 0 bridgehead atoms. The van der Waals surface area contributed by atoms with Gasteiger partial charge < -0.3 is 49.9 Å². The number of H-pyrrole nitrogens is 1. The molecule has 11 nitrogen and oxygen atoms in total. The number of aliphatic hydroxyl groups excluding tert-OH is 4. The molecule has 13 heteroatoms. The second kappa shape index (κ2) is 8.02. The first-order valence-electron chi connectivity index (χ1n) is 7.48. The van der Waals surface area contributed by atoms with Crippen LogP contribution in [0.3, 0.4) is 0 Å². The molecule has 1 heterocycles.